The average Bonchev–Trinajstić information content (AvgIpc) is 2.84. The number of anilines is 2. The SMILES string of the molecule is COc1ccc(N(CCC(=O)Nc2ccc(OC)cc2OC)S(=O)(=O)c2ccc(C)cc2C)cc1. The Labute approximate surface area is 206 Å². The number of ether oxygens (including phenoxy) is 3. The summed E-state index contributed by atoms with van der Waals surface area (Å²) in [4.78, 5) is 13.0. The van der Waals surface area contributed by atoms with Crippen LogP contribution in [0.2, 0.25) is 0 Å². The fraction of sp³-hybridized carbons (Fsp3) is 0.269. The van der Waals surface area contributed by atoms with Gasteiger partial charge in [0, 0.05) is 19.0 Å². The molecule has 0 saturated carbocycles. The first-order valence-corrected chi connectivity index (χ1v) is 12.4. The number of rotatable bonds is 10. The highest BCUT2D eigenvalue weighted by atomic mass is 32.2. The molecule has 0 heterocycles. The largest absolute Gasteiger partial charge is 0.497 e. The van der Waals surface area contributed by atoms with Gasteiger partial charge in [-0.25, -0.2) is 8.42 Å². The number of hydrogen-bond acceptors (Lipinski definition) is 6. The molecule has 8 nitrogen and oxygen atoms in total. The van der Waals surface area contributed by atoms with E-state index in [2.05, 4.69) is 5.32 Å². The number of sulfonamides is 1. The zero-order valence-electron chi connectivity index (χ0n) is 20.5. The van der Waals surface area contributed by atoms with Crippen molar-refractivity contribution in [1.82, 2.24) is 0 Å². The van der Waals surface area contributed by atoms with E-state index in [1.807, 2.05) is 13.0 Å². The number of carbonyl (C=O) groups is 1. The number of nitrogens with zero attached hydrogens (tertiary/aromatic N) is 1. The molecule has 3 rings (SSSR count). The molecule has 0 atom stereocenters. The lowest BCUT2D eigenvalue weighted by Gasteiger charge is -2.25. The number of amides is 1. The molecule has 186 valence electrons. The predicted molar refractivity (Wildman–Crippen MR) is 136 cm³/mol. The van der Waals surface area contributed by atoms with Gasteiger partial charge in [0.25, 0.3) is 10.0 Å². The fourth-order valence-electron chi connectivity index (χ4n) is 3.66. The molecule has 3 aromatic rings. The van der Waals surface area contributed by atoms with Gasteiger partial charge in [-0.15, -0.1) is 0 Å². The van der Waals surface area contributed by atoms with Crippen molar-refractivity contribution in [3.8, 4) is 17.2 Å². The van der Waals surface area contributed by atoms with Crippen LogP contribution in [-0.4, -0.2) is 42.2 Å². The molecule has 0 radical (unpaired) electrons. The fourth-order valence-corrected chi connectivity index (χ4v) is 5.34. The Morgan fingerprint density at radius 3 is 2.11 bits per heavy atom. The van der Waals surface area contributed by atoms with Crippen LogP contribution >= 0.6 is 0 Å². The molecule has 0 bridgehead atoms. The molecule has 0 aliphatic carbocycles. The van der Waals surface area contributed by atoms with Gasteiger partial charge in [-0.1, -0.05) is 17.7 Å². The smallest absolute Gasteiger partial charge is 0.264 e. The van der Waals surface area contributed by atoms with Gasteiger partial charge >= 0.3 is 0 Å². The van der Waals surface area contributed by atoms with Crippen molar-refractivity contribution in [1.29, 1.82) is 0 Å². The van der Waals surface area contributed by atoms with E-state index in [1.54, 1.807) is 61.5 Å². The normalized spacial score (nSPS) is 11.0. The monoisotopic (exact) mass is 498 g/mol. The highest BCUT2D eigenvalue weighted by Crippen LogP contribution is 2.30. The van der Waals surface area contributed by atoms with Crippen molar-refractivity contribution >= 4 is 27.3 Å². The van der Waals surface area contributed by atoms with Crippen LogP contribution in [0.4, 0.5) is 11.4 Å². The summed E-state index contributed by atoms with van der Waals surface area (Å²) < 4.78 is 44.3. The maximum Gasteiger partial charge on any atom is 0.264 e. The Kier molecular flexibility index (Phi) is 8.24. The molecule has 1 amide bonds. The van der Waals surface area contributed by atoms with E-state index in [0.717, 1.165) is 5.56 Å². The molecule has 0 saturated heterocycles. The highest BCUT2D eigenvalue weighted by molar-refractivity contribution is 7.92. The van der Waals surface area contributed by atoms with Gasteiger partial charge in [0.1, 0.15) is 17.2 Å². The van der Waals surface area contributed by atoms with E-state index in [4.69, 9.17) is 14.2 Å². The Morgan fingerprint density at radius 2 is 1.51 bits per heavy atom. The second-order valence-electron chi connectivity index (χ2n) is 7.91. The first kappa shape index (κ1) is 25.9. The Balaban J connectivity index is 1.88. The molecule has 0 aromatic heterocycles. The van der Waals surface area contributed by atoms with Gasteiger partial charge in [0.05, 0.1) is 37.6 Å². The minimum absolute atomic E-state index is 0.0632. The lowest BCUT2D eigenvalue weighted by Crippen LogP contribution is -2.34. The molecule has 9 heteroatoms. The standard InChI is InChI=1S/C26H30N2O6S/c1-18-6-13-25(19(2)16-18)35(30,31)28(20-7-9-21(32-3)10-8-20)15-14-26(29)27-23-12-11-22(33-4)17-24(23)34-5/h6-13,16-17H,14-15H2,1-5H3,(H,27,29). The van der Waals surface area contributed by atoms with Crippen molar-refractivity contribution in [2.24, 2.45) is 0 Å². The summed E-state index contributed by atoms with van der Waals surface area (Å²) in [6.07, 6.45) is -0.0780. The quantitative estimate of drug-likeness (QED) is 0.441. The lowest BCUT2D eigenvalue weighted by molar-refractivity contribution is -0.116. The third-order valence-electron chi connectivity index (χ3n) is 5.48. The van der Waals surface area contributed by atoms with E-state index in [0.29, 0.717) is 34.2 Å². The number of nitrogens with one attached hydrogen (secondary N) is 1. The van der Waals surface area contributed by atoms with Gasteiger partial charge in [-0.05, 0) is 61.9 Å². The van der Waals surface area contributed by atoms with E-state index in [9.17, 15) is 13.2 Å². The van der Waals surface area contributed by atoms with Crippen LogP contribution in [0.3, 0.4) is 0 Å². The van der Waals surface area contributed by atoms with Gasteiger partial charge in [-0.3, -0.25) is 9.10 Å². The zero-order chi connectivity index (χ0) is 25.6. The molecule has 3 aromatic carbocycles. The van der Waals surface area contributed by atoms with Crippen molar-refractivity contribution in [2.45, 2.75) is 25.2 Å². The second kappa shape index (κ2) is 11.1. The van der Waals surface area contributed by atoms with Crippen molar-refractivity contribution < 1.29 is 27.4 Å². The predicted octanol–water partition coefficient (Wildman–Crippen LogP) is 4.55. The summed E-state index contributed by atoms with van der Waals surface area (Å²) >= 11 is 0. The van der Waals surface area contributed by atoms with Gasteiger partial charge < -0.3 is 19.5 Å². The summed E-state index contributed by atoms with van der Waals surface area (Å²) in [6, 6.07) is 16.9. The van der Waals surface area contributed by atoms with Crippen LogP contribution in [-0.2, 0) is 14.8 Å². The van der Waals surface area contributed by atoms with Crippen molar-refractivity contribution in [2.75, 3.05) is 37.5 Å². The molecule has 0 spiro atoms. The minimum Gasteiger partial charge on any atom is -0.497 e. The topological polar surface area (TPSA) is 94.2 Å². The van der Waals surface area contributed by atoms with Crippen molar-refractivity contribution in [3.63, 3.8) is 0 Å². The summed E-state index contributed by atoms with van der Waals surface area (Å²) in [7, 11) is 0.630. The Bertz CT molecular complexity index is 1290. The molecular weight excluding hydrogens is 468 g/mol. The van der Waals surface area contributed by atoms with E-state index in [-0.39, 0.29) is 23.8 Å². The second-order valence-corrected chi connectivity index (χ2v) is 9.74. The molecule has 0 aliphatic rings. The number of aryl methyl sites for hydroxylation is 2. The lowest BCUT2D eigenvalue weighted by atomic mass is 10.2. The summed E-state index contributed by atoms with van der Waals surface area (Å²) in [6.45, 7) is 3.60. The first-order chi connectivity index (χ1) is 16.7. The Morgan fingerprint density at radius 1 is 0.857 bits per heavy atom. The number of hydrogen-bond donors (Lipinski definition) is 1. The average molecular weight is 499 g/mol. The molecular formula is C26H30N2O6S. The third kappa shape index (κ3) is 6.05. The van der Waals surface area contributed by atoms with Gasteiger partial charge in [0.2, 0.25) is 5.91 Å². The molecule has 0 fully saturated rings. The third-order valence-corrected chi connectivity index (χ3v) is 7.47. The first-order valence-electron chi connectivity index (χ1n) is 11.0. The van der Waals surface area contributed by atoms with Crippen LogP contribution in [0, 0.1) is 13.8 Å². The number of methoxy groups -OCH3 is 3. The van der Waals surface area contributed by atoms with Crippen LogP contribution < -0.4 is 23.8 Å². The summed E-state index contributed by atoms with van der Waals surface area (Å²) in [5.41, 5.74) is 2.49. The maximum absolute atomic E-state index is 13.7. The highest BCUT2D eigenvalue weighted by Gasteiger charge is 2.27. The molecule has 0 unspecified atom stereocenters. The summed E-state index contributed by atoms with van der Waals surface area (Å²) in [5.74, 6) is 1.27. The van der Waals surface area contributed by atoms with E-state index in [1.165, 1.54) is 25.6 Å². The van der Waals surface area contributed by atoms with Crippen LogP contribution in [0.5, 0.6) is 17.2 Å². The number of benzene rings is 3. The molecule has 35 heavy (non-hydrogen) atoms. The van der Waals surface area contributed by atoms with Gasteiger partial charge in [-0.2, -0.15) is 0 Å². The molecule has 0 aliphatic heterocycles. The minimum atomic E-state index is -3.94. The molecule has 1 N–H and O–H groups in total. The van der Waals surface area contributed by atoms with Gasteiger partial charge in [0.15, 0.2) is 0 Å². The van der Waals surface area contributed by atoms with Crippen LogP contribution in [0.1, 0.15) is 17.5 Å². The van der Waals surface area contributed by atoms with E-state index >= 15 is 0 Å². The summed E-state index contributed by atoms with van der Waals surface area (Å²) in [5, 5.41) is 2.79. The van der Waals surface area contributed by atoms with Crippen LogP contribution in [0.15, 0.2) is 65.6 Å². The maximum atomic E-state index is 13.7. The zero-order valence-corrected chi connectivity index (χ0v) is 21.3. The van der Waals surface area contributed by atoms with Crippen LogP contribution in [0.25, 0.3) is 0 Å². The van der Waals surface area contributed by atoms with Crippen molar-refractivity contribution in [3.05, 3.63) is 71.8 Å². The Hall–Kier alpha value is -3.72. The van der Waals surface area contributed by atoms with E-state index < -0.39 is 10.0 Å². The number of carbonyl (C=O) groups excluding carboxylic acids is 1.